The van der Waals surface area contributed by atoms with Crippen molar-refractivity contribution >= 4 is 35.1 Å². The maximum absolute atomic E-state index is 13.1. The van der Waals surface area contributed by atoms with Crippen LogP contribution in [0.25, 0.3) is 6.08 Å². The van der Waals surface area contributed by atoms with E-state index in [9.17, 15) is 19.6 Å². The van der Waals surface area contributed by atoms with E-state index in [1.54, 1.807) is 45.0 Å². The predicted molar refractivity (Wildman–Crippen MR) is 140 cm³/mol. The summed E-state index contributed by atoms with van der Waals surface area (Å²) in [5.74, 6) is -1.09. The maximum atomic E-state index is 13.1. The van der Waals surface area contributed by atoms with Gasteiger partial charge in [0.25, 0.3) is 0 Å². The second-order valence-corrected chi connectivity index (χ2v) is 9.02. The fourth-order valence-corrected chi connectivity index (χ4v) is 4.76. The van der Waals surface area contributed by atoms with E-state index in [1.165, 1.54) is 6.08 Å². The zero-order chi connectivity index (χ0) is 26.8. The number of hydrogen-bond donors (Lipinski definition) is 0. The molecular formula is C29H27NO6S. The Hall–Kier alpha value is -4.22. The monoisotopic (exact) mass is 517 g/mol. The van der Waals surface area contributed by atoms with Gasteiger partial charge in [0.2, 0.25) is 0 Å². The van der Waals surface area contributed by atoms with Gasteiger partial charge in [0.1, 0.15) is 23.3 Å². The van der Waals surface area contributed by atoms with Crippen molar-refractivity contribution in [2.45, 2.75) is 33.8 Å². The number of thiophene rings is 1. The minimum absolute atomic E-state index is 0.0845. The van der Waals surface area contributed by atoms with Gasteiger partial charge >= 0.3 is 11.9 Å². The van der Waals surface area contributed by atoms with E-state index in [0.717, 1.165) is 16.9 Å². The van der Waals surface area contributed by atoms with Gasteiger partial charge in [-0.2, -0.15) is 5.26 Å². The summed E-state index contributed by atoms with van der Waals surface area (Å²) in [6, 6.07) is 18.7. The van der Waals surface area contributed by atoms with Gasteiger partial charge in [0.15, 0.2) is 5.78 Å². The van der Waals surface area contributed by atoms with Crippen LogP contribution in [0.3, 0.4) is 0 Å². The summed E-state index contributed by atoms with van der Waals surface area (Å²) in [6.07, 6.45) is 1.25. The van der Waals surface area contributed by atoms with Crippen molar-refractivity contribution in [3.05, 3.63) is 92.2 Å². The first-order chi connectivity index (χ1) is 17.9. The first-order valence-electron chi connectivity index (χ1n) is 11.8. The molecule has 0 radical (unpaired) electrons. The quantitative estimate of drug-likeness (QED) is 0.182. The molecule has 1 heterocycles. The lowest BCUT2D eigenvalue weighted by atomic mass is 10.0. The third-order valence-electron chi connectivity index (χ3n) is 5.32. The van der Waals surface area contributed by atoms with E-state index in [-0.39, 0.29) is 35.6 Å². The number of carbonyl (C=O) groups excluding carboxylic acids is 3. The van der Waals surface area contributed by atoms with Gasteiger partial charge in [-0.25, -0.2) is 9.59 Å². The summed E-state index contributed by atoms with van der Waals surface area (Å²) in [6.45, 7) is 5.67. The first kappa shape index (κ1) is 27.4. The molecule has 0 saturated carbocycles. The molecule has 0 fully saturated rings. The van der Waals surface area contributed by atoms with Gasteiger partial charge in [0.05, 0.1) is 24.4 Å². The largest absolute Gasteiger partial charge is 0.489 e. The van der Waals surface area contributed by atoms with Gasteiger partial charge in [-0.3, -0.25) is 4.79 Å². The van der Waals surface area contributed by atoms with Crippen LogP contribution < -0.4 is 4.74 Å². The van der Waals surface area contributed by atoms with E-state index in [2.05, 4.69) is 0 Å². The number of nitriles is 1. The maximum Gasteiger partial charge on any atom is 0.348 e. The van der Waals surface area contributed by atoms with Crippen LogP contribution in [0.5, 0.6) is 5.75 Å². The fraction of sp³-hybridized carbons (Fsp3) is 0.241. The number of ketones is 1. The van der Waals surface area contributed by atoms with Crippen molar-refractivity contribution in [1.82, 2.24) is 0 Å². The van der Waals surface area contributed by atoms with Crippen LogP contribution in [0.15, 0.2) is 60.2 Å². The van der Waals surface area contributed by atoms with Gasteiger partial charge in [0, 0.05) is 11.3 Å². The molecular weight excluding hydrogens is 490 g/mol. The molecule has 0 atom stereocenters. The summed E-state index contributed by atoms with van der Waals surface area (Å²) in [4.78, 5) is 38.7. The van der Waals surface area contributed by atoms with Crippen LogP contribution >= 0.6 is 11.3 Å². The Kier molecular flexibility index (Phi) is 9.76. The van der Waals surface area contributed by atoms with Gasteiger partial charge in [-0.05, 0) is 55.7 Å². The zero-order valence-corrected chi connectivity index (χ0v) is 21.7. The number of esters is 2. The number of ether oxygens (including phenoxy) is 3. The number of rotatable bonds is 11. The van der Waals surface area contributed by atoms with Crippen LogP contribution in [0.2, 0.25) is 0 Å². The number of carbonyl (C=O) groups is 3. The Bertz CT molecular complexity index is 1350. The minimum atomic E-state index is -0.625. The lowest BCUT2D eigenvalue weighted by Crippen LogP contribution is -2.12. The third kappa shape index (κ3) is 7.15. The Morgan fingerprint density at radius 3 is 2.35 bits per heavy atom. The molecule has 0 aliphatic heterocycles. The van der Waals surface area contributed by atoms with Crippen molar-refractivity contribution in [2.24, 2.45) is 0 Å². The molecule has 8 heteroatoms. The van der Waals surface area contributed by atoms with E-state index in [0.29, 0.717) is 28.4 Å². The van der Waals surface area contributed by atoms with Gasteiger partial charge in [-0.15, -0.1) is 11.3 Å². The highest BCUT2D eigenvalue weighted by atomic mass is 32.1. The molecule has 0 bridgehead atoms. The molecule has 0 saturated heterocycles. The minimum Gasteiger partial charge on any atom is -0.489 e. The highest BCUT2D eigenvalue weighted by Crippen LogP contribution is 2.31. The molecule has 3 aromatic rings. The highest BCUT2D eigenvalue weighted by Gasteiger charge is 2.28. The summed E-state index contributed by atoms with van der Waals surface area (Å²) in [5.41, 5.74) is 2.11. The molecule has 3 rings (SSSR count). The number of allylic oxidation sites excluding steroid dienone is 1. The van der Waals surface area contributed by atoms with Crippen LogP contribution in [-0.2, 0) is 27.3 Å². The van der Waals surface area contributed by atoms with E-state index in [1.807, 2.05) is 36.4 Å². The van der Waals surface area contributed by atoms with Gasteiger partial charge < -0.3 is 14.2 Å². The van der Waals surface area contributed by atoms with Crippen molar-refractivity contribution in [1.29, 1.82) is 5.26 Å². The zero-order valence-electron chi connectivity index (χ0n) is 20.9. The third-order valence-corrected chi connectivity index (χ3v) is 6.59. The van der Waals surface area contributed by atoms with E-state index >= 15 is 0 Å². The number of nitrogens with zero attached hydrogens (tertiary/aromatic N) is 1. The van der Waals surface area contributed by atoms with Gasteiger partial charge in [-0.1, -0.05) is 42.5 Å². The Morgan fingerprint density at radius 1 is 0.973 bits per heavy atom. The average molecular weight is 518 g/mol. The Balaban J connectivity index is 1.84. The summed E-state index contributed by atoms with van der Waals surface area (Å²) in [5, 5.41) is 9.71. The van der Waals surface area contributed by atoms with E-state index < -0.39 is 17.7 Å². The molecule has 0 N–H and O–H groups in total. The lowest BCUT2D eigenvalue weighted by molar-refractivity contribution is -0.114. The van der Waals surface area contributed by atoms with Crippen molar-refractivity contribution in [3.8, 4) is 11.8 Å². The van der Waals surface area contributed by atoms with Crippen molar-refractivity contribution in [3.63, 3.8) is 0 Å². The molecule has 0 unspecified atom stereocenters. The fourth-order valence-electron chi connectivity index (χ4n) is 3.58. The van der Waals surface area contributed by atoms with Crippen molar-refractivity contribution < 1.29 is 28.6 Å². The van der Waals surface area contributed by atoms with E-state index in [4.69, 9.17) is 14.2 Å². The Morgan fingerprint density at radius 2 is 1.68 bits per heavy atom. The Labute approximate surface area is 219 Å². The molecule has 2 aromatic carbocycles. The summed E-state index contributed by atoms with van der Waals surface area (Å²) < 4.78 is 16.1. The predicted octanol–water partition coefficient (Wildman–Crippen LogP) is 5.71. The van der Waals surface area contributed by atoms with Crippen molar-refractivity contribution in [2.75, 3.05) is 13.2 Å². The second kappa shape index (κ2) is 13.2. The normalized spacial score (nSPS) is 10.9. The van der Waals surface area contributed by atoms with Crippen LogP contribution in [-0.4, -0.2) is 30.9 Å². The second-order valence-electron chi connectivity index (χ2n) is 7.91. The number of benzene rings is 2. The SMILES string of the molecule is CCOC(=O)c1sc(CC(=O)/C(C#N)=C/c2cccc(OCc3ccccc3)c2)c(C(=O)OCC)c1C. The van der Waals surface area contributed by atoms with Crippen LogP contribution in [0, 0.1) is 18.3 Å². The summed E-state index contributed by atoms with van der Waals surface area (Å²) in [7, 11) is 0. The van der Waals surface area contributed by atoms with Crippen LogP contribution in [0.4, 0.5) is 0 Å². The first-order valence-corrected chi connectivity index (χ1v) is 12.6. The molecule has 1 aromatic heterocycles. The topological polar surface area (TPSA) is 103 Å². The molecule has 0 aliphatic carbocycles. The molecule has 0 aliphatic rings. The molecule has 0 spiro atoms. The molecule has 190 valence electrons. The number of hydrogen-bond acceptors (Lipinski definition) is 8. The molecule has 0 amide bonds. The average Bonchev–Trinajstić information content (AvgIpc) is 3.22. The molecule has 7 nitrogen and oxygen atoms in total. The van der Waals surface area contributed by atoms with Crippen LogP contribution in [0.1, 0.15) is 55.4 Å². The number of Topliss-reactive ketones (excluding diaryl/α,β-unsaturated/α-hetero) is 1. The highest BCUT2D eigenvalue weighted by molar-refractivity contribution is 7.14. The molecule has 37 heavy (non-hydrogen) atoms. The summed E-state index contributed by atoms with van der Waals surface area (Å²) >= 11 is 1.00. The smallest absolute Gasteiger partial charge is 0.348 e. The standard InChI is InChI=1S/C29H27NO6S/c1-4-34-28(32)26-19(3)27(29(33)35-5-2)37-25(26)16-24(31)22(17-30)14-21-12-9-13-23(15-21)36-18-20-10-7-6-8-11-20/h6-15H,4-5,16,18H2,1-3H3/b22-14+. The lowest BCUT2D eigenvalue weighted by Gasteiger charge is -2.07.